The molecule has 0 bridgehead atoms. The molecule has 0 saturated carbocycles. The molecular weight excluding hydrogens is 167 g/mol. The standard InChI is InChI=1S/C7H4ClNO2/c8-4-1-2-6-5(3-4)9-7(10)11-6/h1-3H,(H,9,10)/i7+1. The van der Waals surface area contributed by atoms with Gasteiger partial charge in [-0.3, -0.25) is 4.98 Å². The van der Waals surface area contributed by atoms with Crippen molar-refractivity contribution in [1.29, 1.82) is 0 Å². The van der Waals surface area contributed by atoms with Crippen molar-refractivity contribution in [2.24, 2.45) is 0 Å². The number of rotatable bonds is 0. The average Bonchev–Trinajstić information content (AvgIpc) is 2.27. The number of hydrogen-bond acceptors (Lipinski definition) is 2. The van der Waals surface area contributed by atoms with Crippen LogP contribution in [-0.2, 0) is 0 Å². The van der Waals surface area contributed by atoms with Crippen LogP contribution in [0.25, 0.3) is 11.1 Å². The zero-order valence-electron chi connectivity index (χ0n) is 5.43. The number of H-pyrrole nitrogens is 1. The summed E-state index contributed by atoms with van der Waals surface area (Å²) in [6.07, 6.45) is 0. The predicted octanol–water partition coefficient (Wildman–Crippen LogP) is 1.77. The van der Waals surface area contributed by atoms with Gasteiger partial charge < -0.3 is 4.42 Å². The molecule has 0 amide bonds. The first-order valence-electron chi connectivity index (χ1n) is 3.04. The molecular formula is C7H4ClNO2. The van der Waals surface area contributed by atoms with Gasteiger partial charge in [0.25, 0.3) is 0 Å². The lowest BCUT2D eigenvalue weighted by Gasteiger charge is -1.86. The molecule has 0 fully saturated rings. The zero-order valence-corrected chi connectivity index (χ0v) is 6.18. The second-order valence-corrected chi connectivity index (χ2v) is 2.59. The first-order chi connectivity index (χ1) is 5.25. The van der Waals surface area contributed by atoms with E-state index in [1.165, 1.54) is 0 Å². The third-order valence-corrected chi connectivity index (χ3v) is 1.62. The average molecular weight is 171 g/mol. The Morgan fingerprint density at radius 1 is 1.45 bits per heavy atom. The van der Waals surface area contributed by atoms with Gasteiger partial charge in [-0.05, 0) is 18.2 Å². The number of oxazole rings is 1. The summed E-state index contributed by atoms with van der Waals surface area (Å²) in [4.78, 5) is 13.1. The summed E-state index contributed by atoms with van der Waals surface area (Å²) < 4.78 is 4.75. The van der Waals surface area contributed by atoms with Crippen molar-refractivity contribution in [3.05, 3.63) is 33.8 Å². The Bertz CT molecular complexity index is 443. The first-order valence-corrected chi connectivity index (χ1v) is 3.42. The Hall–Kier alpha value is -1.22. The fourth-order valence-corrected chi connectivity index (χ4v) is 1.10. The van der Waals surface area contributed by atoms with E-state index in [2.05, 4.69) is 4.98 Å². The molecule has 3 nitrogen and oxygen atoms in total. The number of hydrogen-bond donors (Lipinski definition) is 1. The smallest absolute Gasteiger partial charge is 0.408 e. The maximum Gasteiger partial charge on any atom is 0.417 e. The van der Waals surface area contributed by atoms with Crippen LogP contribution >= 0.6 is 11.6 Å². The summed E-state index contributed by atoms with van der Waals surface area (Å²) in [5, 5.41) is 0.578. The van der Waals surface area contributed by atoms with Crippen LogP contribution in [0, 0.1) is 0 Å². The monoisotopic (exact) mass is 170 g/mol. The van der Waals surface area contributed by atoms with E-state index in [1.54, 1.807) is 18.2 Å². The highest BCUT2D eigenvalue weighted by Crippen LogP contribution is 2.15. The van der Waals surface area contributed by atoms with E-state index in [4.69, 9.17) is 16.0 Å². The Kier molecular flexibility index (Phi) is 1.26. The van der Waals surface area contributed by atoms with Crippen molar-refractivity contribution >= 4 is 22.7 Å². The highest BCUT2D eigenvalue weighted by Gasteiger charge is 1.99. The van der Waals surface area contributed by atoms with E-state index in [9.17, 15) is 4.79 Å². The molecule has 0 aliphatic rings. The second-order valence-electron chi connectivity index (χ2n) is 2.16. The van der Waals surface area contributed by atoms with Gasteiger partial charge in [0.2, 0.25) is 0 Å². The van der Waals surface area contributed by atoms with Crippen LogP contribution in [0.4, 0.5) is 0 Å². The fourth-order valence-electron chi connectivity index (χ4n) is 0.924. The maximum absolute atomic E-state index is 10.6. The topological polar surface area (TPSA) is 46.0 Å². The molecule has 1 N–H and O–H groups in total. The van der Waals surface area contributed by atoms with Crippen LogP contribution in [0.1, 0.15) is 0 Å². The summed E-state index contributed by atoms with van der Waals surface area (Å²) >= 11 is 5.66. The Morgan fingerprint density at radius 3 is 3.09 bits per heavy atom. The molecule has 0 atom stereocenters. The fraction of sp³-hybridized carbons (Fsp3) is 0. The van der Waals surface area contributed by atoms with Crippen molar-refractivity contribution in [2.45, 2.75) is 0 Å². The number of fused-ring (bicyclic) bond motifs is 1. The number of aromatic amines is 1. The summed E-state index contributed by atoms with van der Waals surface area (Å²) in [6.45, 7) is 0. The minimum absolute atomic E-state index is 0.456. The largest absolute Gasteiger partial charge is 0.417 e. The highest BCUT2D eigenvalue weighted by molar-refractivity contribution is 6.31. The molecule has 0 aliphatic heterocycles. The van der Waals surface area contributed by atoms with Gasteiger partial charge in [0, 0.05) is 5.02 Å². The van der Waals surface area contributed by atoms with E-state index in [0.29, 0.717) is 16.1 Å². The summed E-state index contributed by atoms with van der Waals surface area (Å²) in [7, 11) is 0. The van der Waals surface area contributed by atoms with Crippen molar-refractivity contribution in [1.82, 2.24) is 4.98 Å². The molecule has 11 heavy (non-hydrogen) atoms. The molecule has 0 aliphatic carbocycles. The minimum atomic E-state index is -0.456. The molecule has 4 heteroatoms. The molecule has 1 aromatic heterocycles. The molecule has 0 unspecified atom stereocenters. The lowest BCUT2D eigenvalue weighted by Crippen LogP contribution is -1.92. The zero-order chi connectivity index (χ0) is 7.84. The van der Waals surface area contributed by atoms with Crippen LogP contribution in [0.3, 0.4) is 0 Å². The molecule has 0 radical (unpaired) electrons. The Morgan fingerprint density at radius 2 is 2.27 bits per heavy atom. The van der Waals surface area contributed by atoms with Crippen LogP contribution in [0.15, 0.2) is 27.4 Å². The lowest BCUT2D eigenvalue weighted by molar-refractivity contribution is 0.555. The van der Waals surface area contributed by atoms with Gasteiger partial charge in [-0.15, -0.1) is 0 Å². The van der Waals surface area contributed by atoms with Crippen LogP contribution < -0.4 is 5.76 Å². The van der Waals surface area contributed by atoms with Gasteiger partial charge in [0.1, 0.15) is 0 Å². The van der Waals surface area contributed by atoms with E-state index in [-0.39, 0.29) is 0 Å². The van der Waals surface area contributed by atoms with Gasteiger partial charge in [-0.2, -0.15) is 0 Å². The number of aromatic nitrogens is 1. The van der Waals surface area contributed by atoms with Gasteiger partial charge in [-0.25, -0.2) is 4.79 Å². The third kappa shape index (κ3) is 1.03. The molecule has 0 saturated heterocycles. The van der Waals surface area contributed by atoms with Crippen LogP contribution in [0.5, 0.6) is 0 Å². The van der Waals surface area contributed by atoms with Gasteiger partial charge >= 0.3 is 5.76 Å². The van der Waals surface area contributed by atoms with E-state index < -0.39 is 5.76 Å². The van der Waals surface area contributed by atoms with Crippen LogP contribution in [0.2, 0.25) is 5.02 Å². The Labute approximate surface area is 66.6 Å². The molecule has 0 spiro atoms. The van der Waals surface area contributed by atoms with E-state index >= 15 is 0 Å². The van der Waals surface area contributed by atoms with Crippen molar-refractivity contribution in [3.63, 3.8) is 0 Å². The predicted molar refractivity (Wildman–Crippen MR) is 41.8 cm³/mol. The van der Waals surface area contributed by atoms with Gasteiger partial charge in [-0.1, -0.05) is 11.6 Å². The maximum atomic E-state index is 10.6. The molecule has 2 aromatic rings. The third-order valence-electron chi connectivity index (χ3n) is 1.38. The normalized spacial score (nSPS) is 10.6. The number of halogens is 1. The molecule has 2 rings (SSSR count). The first kappa shape index (κ1) is 6.49. The number of benzene rings is 1. The molecule has 56 valence electrons. The van der Waals surface area contributed by atoms with Gasteiger partial charge in [0.05, 0.1) is 5.52 Å². The van der Waals surface area contributed by atoms with Gasteiger partial charge in [0.15, 0.2) is 5.58 Å². The summed E-state index contributed by atoms with van der Waals surface area (Å²) in [5.41, 5.74) is 1.15. The number of nitrogens with one attached hydrogen (secondary N) is 1. The highest BCUT2D eigenvalue weighted by atomic mass is 35.5. The quantitative estimate of drug-likeness (QED) is 0.655. The van der Waals surface area contributed by atoms with Crippen molar-refractivity contribution in [2.75, 3.05) is 0 Å². The molecule has 1 heterocycles. The summed E-state index contributed by atoms with van der Waals surface area (Å²) in [5.74, 6) is -0.456. The van der Waals surface area contributed by atoms with E-state index in [1.807, 2.05) is 0 Å². The molecule has 1 aromatic carbocycles. The lowest BCUT2D eigenvalue weighted by atomic mass is 10.3. The Balaban J connectivity index is 2.92. The SMILES string of the molecule is O=[13c]1[nH]c2cc(Cl)ccc2o1. The van der Waals surface area contributed by atoms with Crippen molar-refractivity contribution < 1.29 is 4.42 Å². The van der Waals surface area contributed by atoms with Crippen LogP contribution in [-0.4, -0.2) is 4.98 Å². The van der Waals surface area contributed by atoms with Crippen molar-refractivity contribution in [3.8, 4) is 0 Å². The second kappa shape index (κ2) is 2.13. The van der Waals surface area contributed by atoms with E-state index in [0.717, 1.165) is 0 Å². The summed E-state index contributed by atoms with van der Waals surface area (Å²) in [6, 6.07) is 4.96. The minimum Gasteiger partial charge on any atom is -0.408 e.